The smallest absolute Gasteiger partial charge is 0.338 e. The molecule has 0 aliphatic heterocycles. The van der Waals surface area contributed by atoms with E-state index in [1.807, 2.05) is 59.3 Å². The Morgan fingerprint density at radius 1 is 1.07 bits per heavy atom. The molecule has 0 aliphatic rings. The largest absolute Gasteiger partial charge is 0.497 e. The van der Waals surface area contributed by atoms with Gasteiger partial charge in [-0.2, -0.15) is 0 Å². The topological polar surface area (TPSA) is 52.8 Å². The molecule has 1 heterocycles. The Balaban J connectivity index is 1.69. The Bertz CT molecular complexity index is 925. The van der Waals surface area contributed by atoms with Crippen molar-refractivity contribution in [2.75, 3.05) is 13.7 Å². The fourth-order valence-electron chi connectivity index (χ4n) is 2.69. The van der Waals surface area contributed by atoms with Gasteiger partial charge in [0.15, 0.2) is 0 Å². The maximum Gasteiger partial charge on any atom is 0.338 e. The van der Waals surface area contributed by atoms with Crippen LogP contribution in [0.3, 0.4) is 0 Å². The highest BCUT2D eigenvalue weighted by Crippen LogP contribution is 2.18. The molecule has 28 heavy (non-hydrogen) atoms. The van der Waals surface area contributed by atoms with Gasteiger partial charge in [-0.1, -0.05) is 13.3 Å². The predicted molar refractivity (Wildman–Crippen MR) is 111 cm³/mol. The molecule has 0 unspecified atom stereocenters. The van der Waals surface area contributed by atoms with Crippen molar-refractivity contribution in [3.8, 4) is 11.4 Å². The van der Waals surface area contributed by atoms with E-state index in [0.717, 1.165) is 35.7 Å². The van der Waals surface area contributed by atoms with Gasteiger partial charge in [-0.05, 0) is 67.1 Å². The van der Waals surface area contributed by atoms with Crippen LogP contribution in [0.1, 0.15) is 35.8 Å². The molecule has 0 radical (unpaired) electrons. The van der Waals surface area contributed by atoms with Crippen molar-refractivity contribution in [1.29, 1.82) is 0 Å². The van der Waals surface area contributed by atoms with E-state index < -0.39 is 0 Å². The highest BCUT2D eigenvalue weighted by Gasteiger charge is 2.06. The summed E-state index contributed by atoms with van der Waals surface area (Å²) in [5, 5.41) is 0. The Morgan fingerprint density at radius 2 is 1.82 bits per heavy atom. The molecule has 0 saturated heterocycles. The molecule has 0 spiro atoms. The van der Waals surface area contributed by atoms with E-state index in [0.29, 0.717) is 12.2 Å². The standard InChI is InChI=1S/C23H24N2O3/c1-3-4-16-28-23(26)18-7-9-19(10-8-18)24-17-21-6-5-15-25(21)20-11-13-22(27-2)14-12-20/h5-15,17H,3-4,16H2,1-2H3. The van der Waals surface area contributed by atoms with E-state index in [1.165, 1.54) is 0 Å². The summed E-state index contributed by atoms with van der Waals surface area (Å²) in [6.45, 7) is 2.52. The van der Waals surface area contributed by atoms with Gasteiger partial charge in [-0.25, -0.2) is 4.79 Å². The van der Waals surface area contributed by atoms with Crippen LogP contribution in [0.5, 0.6) is 5.75 Å². The lowest BCUT2D eigenvalue weighted by atomic mass is 10.2. The SMILES string of the molecule is CCCCOC(=O)c1ccc(N=Cc2cccn2-c2ccc(OC)cc2)cc1. The number of carbonyl (C=O) groups excluding carboxylic acids is 1. The van der Waals surface area contributed by atoms with Crippen LogP contribution in [-0.2, 0) is 4.74 Å². The second-order valence-corrected chi connectivity index (χ2v) is 6.30. The second kappa shape index (κ2) is 9.55. The van der Waals surface area contributed by atoms with Crippen molar-refractivity contribution in [3.05, 3.63) is 78.1 Å². The summed E-state index contributed by atoms with van der Waals surface area (Å²) in [6, 6.07) is 18.9. The molecule has 144 valence electrons. The minimum Gasteiger partial charge on any atom is -0.497 e. The van der Waals surface area contributed by atoms with Gasteiger partial charge in [-0.3, -0.25) is 4.99 Å². The number of hydrogen-bond donors (Lipinski definition) is 0. The summed E-state index contributed by atoms with van der Waals surface area (Å²) in [5.74, 6) is 0.525. The molecule has 3 aromatic rings. The first-order valence-corrected chi connectivity index (χ1v) is 9.34. The quantitative estimate of drug-likeness (QED) is 0.309. The van der Waals surface area contributed by atoms with E-state index in [2.05, 4.69) is 11.9 Å². The highest BCUT2D eigenvalue weighted by molar-refractivity contribution is 5.90. The van der Waals surface area contributed by atoms with Crippen molar-refractivity contribution >= 4 is 17.9 Å². The highest BCUT2D eigenvalue weighted by atomic mass is 16.5. The number of unbranched alkanes of at least 4 members (excludes halogenated alkanes) is 1. The Morgan fingerprint density at radius 3 is 2.50 bits per heavy atom. The molecule has 5 nitrogen and oxygen atoms in total. The van der Waals surface area contributed by atoms with Crippen LogP contribution in [-0.4, -0.2) is 30.5 Å². The van der Waals surface area contributed by atoms with Crippen LogP contribution in [0, 0.1) is 0 Å². The van der Waals surface area contributed by atoms with Gasteiger partial charge >= 0.3 is 5.97 Å². The Hall–Kier alpha value is -3.34. The van der Waals surface area contributed by atoms with E-state index in [9.17, 15) is 4.79 Å². The monoisotopic (exact) mass is 376 g/mol. The molecule has 0 saturated carbocycles. The lowest BCUT2D eigenvalue weighted by Gasteiger charge is -2.07. The second-order valence-electron chi connectivity index (χ2n) is 6.30. The fourth-order valence-corrected chi connectivity index (χ4v) is 2.69. The van der Waals surface area contributed by atoms with E-state index in [1.54, 1.807) is 25.5 Å². The summed E-state index contributed by atoms with van der Waals surface area (Å²) < 4.78 is 12.5. The summed E-state index contributed by atoms with van der Waals surface area (Å²) in [7, 11) is 1.65. The number of ether oxygens (including phenoxy) is 2. The van der Waals surface area contributed by atoms with Crippen LogP contribution in [0.15, 0.2) is 71.9 Å². The Labute approximate surface area is 165 Å². The first-order valence-electron chi connectivity index (χ1n) is 9.34. The summed E-state index contributed by atoms with van der Waals surface area (Å²) >= 11 is 0. The maximum absolute atomic E-state index is 11.9. The van der Waals surface area contributed by atoms with Gasteiger partial charge in [0.25, 0.3) is 0 Å². The molecule has 2 aromatic carbocycles. The number of methoxy groups -OCH3 is 1. The zero-order valence-corrected chi connectivity index (χ0v) is 16.2. The summed E-state index contributed by atoms with van der Waals surface area (Å²) in [5.41, 5.74) is 3.29. The van der Waals surface area contributed by atoms with Crippen LogP contribution >= 0.6 is 0 Å². The van der Waals surface area contributed by atoms with Crippen molar-refractivity contribution < 1.29 is 14.3 Å². The lowest BCUT2D eigenvalue weighted by Crippen LogP contribution is -2.05. The maximum atomic E-state index is 11.9. The molecule has 0 aliphatic carbocycles. The average molecular weight is 376 g/mol. The molecule has 1 aromatic heterocycles. The number of benzene rings is 2. The fraction of sp³-hybridized carbons (Fsp3) is 0.217. The van der Waals surface area contributed by atoms with Crippen molar-refractivity contribution in [2.45, 2.75) is 19.8 Å². The number of rotatable bonds is 8. The first kappa shape index (κ1) is 19.4. The van der Waals surface area contributed by atoms with Crippen molar-refractivity contribution in [2.24, 2.45) is 4.99 Å². The van der Waals surface area contributed by atoms with Crippen molar-refractivity contribution in [1.82, 2.24) is 4.57 Å². The summed E-state index contributed by atoms with van der Waals surface area (Å²) in [6.07, 6.45) is 5.67. The molecule has 0 amide bonds. The predicted octanol–water partition coefficient (Wildman–Crippen LogP) is 5.19. The number of aliphatic imine (C=N–C) groups is 1. The number of nitrogens with zero attached hydrogens (tertiary/aromatic N) is 2. The molecular weight excluding hydrogens is 352 g/mol. The van der Waals surface area contributed by atoms with Crippen molar-refractivity contribution in [3.63, 3.8) is 0 Å². The average Bonchev–Trinajstić information content (AvgIpc) is 3.21. The number of esters is 1. The number of carbonyl (C=O) groups is 1. The van der Waals surface area contributed by atoms with Gasteiger partial charge in [-0.15, -0.1) is 0 Å². The minimum atomic E-state index is -0.294. The third-order valence-electron chi connectivity index (χ3n) is 4.31. The van der Waals surface area contributed by atoms with Crippen LogP contribution < -0.4 is 4.74 Å². The van der Waals surface area contributed by atoms with Gasteiger partial charge < -0.3 is 14.0 Å². The molecule has 3 rings (SSSR count). The zero-order valence-electron chi connectivity index (χ0n) is 16.2. The van der Waals surface area contributed by atoms with Gasteiger partial charge in [0.05, 0.1) is 36.9 Å². The summed E-state index contributed by atoms with van der Waals surface area (Å²) in [4.78, 5) is 16.5. The third-order valence-corrected chi connectivity index (χ3v) is 4.31. The van der Waals surface area contributed by atoms with Gasteiger partial charge in [0, 0.05) is 11.9 Å². The van der Waals surface area contributed by atoms with Crippen LogP contribution in [0.2, 0.25) is 0 Å². The zero-order chi connectivity index (χ0) is 19.8. The first-order chi connectivity index (χ1) is 13.7. The number of aromatic nitrogens is 1. The Kier molecular flexibility index (Phi) is 6.63. The minimum absolute atomic E-state index is 0.294. The van der Waals surface area contributed by atoms with E-state index >= 15 is 0 Å². The number of hydrogen-bond acceptors (Lipinski definition) is 4. The molecule has 0 fully saturated rings. The molecule has 5 heteroatoms. The normalized spacial score (nSPS) is 10.9. The van der Waals surface area contributed by atoms with Crippen LogP contribution in [0.25, 0.3) is 5.69 Å². The van der Waals surface area contributed by atoms with Crippen LogP contribution in [0.4, 0.5) is 5.69 Å². The van der Waals surface area contributed by atoms with Gasteiger partial charge in [0.2, 0.25) is 0 Å². The lowest BCUT2D eigenvalue weighted by molar-refractivity contribution is 0.0500. The third kappa shape index (κ3) is 4.88. The van der Waals surface area contributed by atoms with E-state index in [-0.39, 0.29) is 5.97 Å². The van der Waals surface area contributed by atoms with Gasteiger partial charge in [0.1, 0.15) is 5.75 Å². The molecule has 0 N–H and O–H groups in total. The molecule has 0 atom stereocenters. The molecular formula is C23H24N2O3. The molecule has 0 bridgehead atoms. The van der Waals surface area contributed by atoms with E-state index in [4.69, 9.17) is 9.47 Å².